The first-order chi connectivity index (χ1) is 10.1. The van der Waals surface area contributed by atoms with Crippen LogP contribution < -0.4 is 5.32 Å². The highest BCUT2D eigenvalue weighted by Crippen LogP contribution is 2.17. The van der Waals surface area contributed by atoms with Gasteiger partial charge in [-0.25, -0.2) is 0 Å². The van der Waals surface area contributed by atoms with Gasteiger partial charge in [-0.05, 0) is 61.4 Å². The highest BCUT2D eigenvalue weighted by Gasteiger charge is 2.07. The zero-order valence-corrected chi connectivity index (χ0v) is 12.1. The molecular formula is C18H16N2O. The van der Waals surface area contributed by atoms with Gasteiger partial charge in [0.1, 0.15) is 0 Å². The number of benzene rings is 2. The highest BCUT2D eigenvalue weighted by molar-refractivity contribution is 6.06. The van der Waals surface area contributed by atoms with Crippen LogP contribution in [0.25, 0.3) is 10.9 Å². The maximum absolute atomic E-state index is 12.3. The molecule has 0 atom stereocenters. The predicted octanol–water partition coefficient (Wildman–Crippen LogP) is 4.10. The third-order valence-corrected chi connectivity index (χ3v) is 3.63. The van der Waals surface area contributed by atoms with E-state index in [2.05, 4.69) is 17.2 Å². The largest absolute Gasteiger partial charge is 0.322 e. The first kappa shape index (κ1) is 13.3. The number of hydrogen-bond acceptors (Lipinski definition) is 2. The van der Waals surface area contributed by atoms with Gasteiger partial charge in [0.05, 0.1) is 5.52 Å². The van der Waals surface area contributed by atoms with Crippen molar-refractivity contribution < 1.29 is 4.79 Å². The molecular weight excluding hydrogens is 260 g/mol. The van der Waals surface area contributed by atoms with Gasteiger partial charge in [-0.1, -0.05) is 12.1 Å². The number of nitrogens with one attached hydrogen (secondary N) is 1. The number of anilines is 1. The van der Waals surface area contributed by atoms with Crippen molar-refractivity contribution >= 4 is 22.5 Å². The molecule has 1 aromatic heterocycles. The fourth-order valence-electron chi connectivity index (χ4n) is 2.24. The fourth-order valence-corrected chi connectivity index (χ4v) is 2.24. The smallest absolute Gasteiger partial charge is 0.255 e. The van der Waals surface area contributed by atoms with Crippen LogP contribution in [-0.2, 0) is 0 Å². The molecule has 104 valence electrons. The lowest BCUT2D eigenvalue weighted by Gasteiger charge is -2.08. The maximum atomic E-state index is 12.3. The second-order valence-corrected chi connectivity index (χ2v) is 5.16. The normalized spacial score (nSPS) is 10.6. The Morgan fingerprint density at radius 2 is 1.86 bits per heavy atom. The Kier molecular flexibility index (Phi) is 3.40. The molecule has 1 heterocycles. The Labute approximate surface area is 123 Å². The summed E-state index contributed by atoms with van der Waals surface area (Å²) in [7, 11) is 0. The molecule has 3 nitrogen and oxygen atoms in total. The van der Waals surface area contributed by atoms with Gasteiger partial charge in [-0.15, -0.1) is 0 Å². The monoisotopic (exact) mass is 276 g/mol. The summed E-state index contributed by atoms with van der Waals surface area (Å²) in [5, 5.41) is 3.89. The second-order valence-electron chi connectivity index (χ2n) is 5.16. The molecule has 0 saturated carbocycles. The standard InChI is InChI=1S/C18H16N2O/c1-12-5-7-16(10-13(12)2)20-18(21)15-6-8-17-14(11-15)4-3-9-19-17/h3-11H,1-2H3,(H,20,21). The first-order valence-electron chi connectivity index (χ1n) is 6.87. The SMILES string of the molecule is Cc1ccc(NC(=O)c2ccc3ncccc3c2)cc1C. The molecule has 0 bridgehead atoms. The molecule has 0 fully saturated rings. The molecule has 21 heavy (non-hydrogen) atoms. The Morgan fingerprint density at radius 3 is 2.67 bits per heavy atom. The van der Waals surface area contributed by atoms with Crippen molar-refractivity contribution in [2.45, 2.75) is 13.8 Å². The van der Waals surface area contributed by atoms with E-state index in [0.29, 0.717) is 5.56 Å². The molecule has 2 aromatic carbocycles. The number of aromatic nitrogens is 1. The van der Waals surface area contributed by atoms with Crippen molar-refractivity contribution in [3.63, 3.8) is 0 Å². The number of rotatable bonds is 2. The molecule has 3 rings (SSSR count). The van der Waals surface area contributed by atoms with Crippen LogP contribution in [-0.4, -0.2) is 10.9 Å². The van der Waals surface area contributed by atoms with Crippen molar-refractivity contribution in [1.82, 2.24) is 4.98 Å². The maximum Gasteiger partial charge on any atom is 0.255 e. The first-order valence-corrected chi connectivity index (χ1v) is 6.87. The number of pyridine rings is 1. The van der Waals surface area contributed by atoms with Crippen molar-refractivity contribution in [2.75, 3.05) is 5.32 Å². The van der Waals surface area contributed by atoms with Gasteiger partial charge in [0, 0.05) is 22.8 Å². The lowest BCUT2D eigenvalue weighted by atomic mass is 10.1. The lowest BCUT2D eigenvalue weighted by Crippen LogP contribution is -2.12. The third kappa shape index (κ3) is 2.77. The molecule has 0 aliphatic rings. The number of hydrogen-bond donors (Lipinski definition) is 1. The average molecular weight is 276 g/mol. The van der Waals surface area contributed by atoms with E-state index in [9.17, 15) is 4.79 Å². The summed E-state index contributed by atoms with van der Waals surface area (Å²) < 4.78 is 0. The average Bonchev–Trinajstić information content (AvgIpc) is 2.50. The van der Waals surface area contributed by atoms with Crippen LogP contribution in [0.4, 0.5) is 5.69 Å². The molecule has 0 aliphatic carbocycles. The molecule has 3 heteroatoms. The lowest BCUT2D eigenvalue weighted by molar-refractivity contribution is 0.102. The number of amides is 1. The minimum atomic E-state index is -0.107. The van der Waals surface area contributed by atoms with Crippen LogP contribution in [0.2, 0.25) is 0 Å². The minimum Gasteiger partial charge on any atom is -0.322 e. The van der Waals surface area contributed by atoms with E-state index >= 15 is 0 Å². The zero-order valence-electron chi connectivity index (χ0n) is 12.1. The molecule has 0 saturated heterocycles. The molecule has 0 unspecified atom stereocenters. The molecule has 1 amide bonds. The van der Waals surface area contributed by atoms with E-state index in [1.807, 2.05) is 49.4 Å². The number of fused-ring (bicyclic) bond motifs is 1. The Hall–Kier alpha value is -2.68. The summed E-state index contributed by atoms with van der Waals surface area (Å²) in [6.45, 7) is 4.09. The van der Waals surface area contributed by atoms with Gasteiger partial charge in [-0.2, -0.15) is 0 Å². The van der Waals surface area contributed by atoms with Gasteiger partial charge >= 0.3 is 0 Å². The molecule has 0 aliphatic heterocycles. The Bertz CT molecular complexity index is 824. The van der Waals surface area contributed by atoms with Crippen LogP contribution >= 0.6 is 0 Å². The van der Waals surface area contributed by atoms with Crippen LogP contribution in [0, 0.1) is 13.8 Å². The van der Waals surface area contributed by atoms with Crippen molar-refractivity contribution in [3.05, 3.63) is 71.4 Å². The molecule has 3 aromatic rings. The van der Waals surface area contributed by atoms with Gasteiger partial charge in [0.2, 0.25) is 0 Å². The van der Waals surface area contributed by atoms with Crippen molar-refractivity contribution in [3.8, 4) is 0 Å². The molecule has 0 radical (unpaired) electrons. The number of carbonyl (C=O) groups is 1. The van der Waals surface area contributed by atoms with Crippen LogP contribution in [0.15, 0.2) is 54.7 Å². The van der Waals surface area contributed by atoms with Gasteiger partial charge in [0.25, 0.3) is 5.91 Å². The molecule has 1 N–H and O–H groups in total. The second kappa shape index (κ2) is 5.37. The highest BCUT2D eigenvalue weighted by atomic mass is 16.1. The van der Waals surface area contributed by atoms with E-state index in [4.69, 9.17) is 0 Å². The van der Waals surface area contributed by atoms with Crippen LogP contribution in [0.3, 0.4) is 0 Å². The quantitative estimate of drug-likeness (QED) is 0.765. The summed E-state index contributed by atoms with van der Waals surface area (Å²) in [6, 6.07) is 15.3. The number of aryl methyl sites for hydroxylation is 2. The van der Waals surface area contributed by atoms with E-state index in [1.54, 1.807) is 12.3 Å². The van der Waals surface area contributed by atoms with Gasteiger partial charge < -0.3 is 5.32 Å². The summed E-state index contributed by atoms with van der Waals surface area (Å²) in [5.74, 6) is -0.107. The zero-order chi connectivity index (χ0) is 14.8. The summed E-state index contributed by atoms with van der Waals surface area (Å²) >= 11 is 0. The topological polar surface area (TPSA) is 42.0 Å². The third-order valence-electron chi connectivity index (χ3n) is 3.63. The van der Waals surface area contributed by atoms with Gasteiger partial charge in [0.15, 0.2) is 0 Å². The van der Waals surface area contributed by atoms with Crippen molar-refractivity contribution in [2.24, 2.45) is 0 Å². The summed E-state index contributed by atoms with van der Waals surface area (Å²) in [5.41, 5.74) is 4.71. The van der Waals surface area contributed by atoms with E-state index < -0.39 is 0 Å². The Balaban J connectivity index is 1.87. The van der Waals surface area contributed by atoms with E-state index in [0.717, 1.165) is 22.2 Å². The number of nitrogens with zero attached hydrogens (tertiary/aromatic N) is 1. The van der Waals surface area contributed by atoms with Crippen molar-refractivity contribution in [1.29, 1.82) is 0 Å². The predicted molar refractivity (Wildman–Crippen MR) is 85.6 cm³/mol. The van der Waals surface area contributed by atoms with E-state index in [1.165, 1.54) is 5.56 Å². The van der Waals surface area contributed by atoms with E-state index in [-0.39, 0.29) is 5.91 Å². The Morgan fingerprint density at radius 1 is 1.00 bits per heavy atom. The van der Waals surface area contributed by atoms with Crippen LogP contribution in [0.1, 0.15) is 21.5 Å². The van der Waals surface area contributed by atoms with Gasteiger partial charge in [-0.3, -0.25) is 9.78 Å². The van der Waals surface area contributed by atoms with Crippen LogP contribution in [0.5, 0.6) is 0 Å². The summed E-state index contributed by atoms with van der Waals surface area (Å²) in [6.07, 6.45) is 1.75. The minimum absolute atomic E-state index is 0.107. The fraction of sp³-hybridized carbons (Fsp3) is 0.111. The summed E-state index contributed by atoms with van der Waals surface area (Å²) in [4.78, 5) is 16.6. The molecule has 0 spiro atoms. The number of carbonyl (C=O) groups excluding carboxylic acids is 1.